The molecule has 0 bridgehead atoms. The lowest BCUT2D eigenvalue weighted by atomic mass is 10.0. The standard InChI is InChI=1S/C27H32Cl2F5N9/c1-4-14-11-42(8-7-36-14)24-16-10-37-22(23-19(27(32,33)34)17(28)9-18(35)38-23)20(26(29,30)31)21(16)39-25(40-24)43-12-15(13-43)41(5-2)6-3/h9-10,14-15,36H,4-8,11-13H2,1-3H3,(H2,35,38). The van der Waals surface area contributed by atoms with Gasteiger partial charge in [0.2, 0.25) is 5.95 Å². The van der Waals surface area contributed by atoms with Gasteiger partial charge in [-0.05, 0) is 37.2 Å². The van der Waals surface area contributed by atoms with Crippen molar-refractivity contribution >= 4 is 51.7 Å². The molecule has 3 N–H and O–H groups in total. The quantitative estimate of drug-likeness (QED) is 0.248. The summed E-state index contributed by atoms with van der Waals surface area (Å²) < 4.78 is 73.3. The molecule has 234 valence electrons. The Morgan fingerprint density at radius 3 is 2.30 bits per heavy atom. The van der Waals surface area contributed by atoms with Crippen LogP contribution in [-0.4, -0.2) is 82.7 Å². The van der Waals surface area contributed by atoms with Crippen LogP contribution in [0, 0.1) is 0 Å². The maximum atomic E-state index is 15.4. The number of hydrogen-bond acceptors (Lipinski definition) is 9. The molecule has 3 aromatic heterocycles. The zero-order valence-electron chi connectivity index (χ0n) is 23.8. The van der Waals surface area contributed by atoms with Crippen molar-refractivity contribution in [2.45, 2.75) is 50.8 Å². The number of hydrogen-bond donors (Lipinski definition) is 2. The van der Waals surface area contributed by atoms with Crippen LogP contribution in [-0.2, 0) is 11.6 Å². The van der Waals surface area contributed by atoms with Crippen molar-refractivity contribution in [3.05, 3.63) is 28.4 Å². The van der Waals surface area contributed by atoms with Gasteiger partial charge in [-0.1, -0.05) is 32.4 Å². The van der Waals surface area contributed by atoms with Crippen molar-refractivity contribution in [1.82, 2.24) is 30.2 Å². The summed E-state index contributed by atoms with van der Waals surface area (Å²) in [7, 11) is 0. The largest absolute Gasteiger partial charge is 0.420 e. The van der Waals surface area contributed by atoms with Crippen LogP contribution in [0.4, 0.5) is 39.5 Å². The molecule has 2 saturated heterocycles. The molecule has 5 heterocycles. The predicted octanol–water partition coefficient (Wildman–Crippen LogP) is 5.35. The van der Waals surface area contributed by atoms with Gasteiger partial charge in [0.15, 0.2) is 0 Å². The lowest BCUT2D eigenvalue weighted by Crippen LogP contribution is -2.60. The molecule has 9 nitrogen and oxygen atoms in total. The van der Waals surface area contributed by atoms with Crippen molar-refractivity contribution in [2.75, 3.05) is 61.3 Å². The Morgan fingerprint density at radius 1 is 1.00 bits per heavy atom. The highest BCUT2D eigenvalue weighted by Crippen LogP contribution is 2.47. The average Bonchev–Trinajstić information content (AvgIpc) is 2.91. The lowest BCUT2D eigenvalue weighted by molar-refractivity contribution is -0.137. The second kappa shape index (κ2) is 11.9. The summed E-state index contributed by atoms with van der Waals surface area (Å²) in [5.41, 5.74) is 1.13. The number of alkyl halides is 6. The first kappa shape index (κ1) is 31.6. The molecule has 16 heteroatoms. The van der Waals surface area contributed by atoms with E-state index in [2.05, 4.69) is 39.0 Å². The van der Waals surface area contributed by atoms with Gasteiger partial charge in [0.25, 0.3) is 0 Å². The van der Waals surface area contributed by atoms with Crippen LogP contribution >= 0.6 is 23.2 Å². The summed E-state index contributed by atoms with van der Waals surface area (Å²) >= 11 is 11.6. The molecule has 2 aliphatic heterocycles. The molecular weight excluding hydrogens is 616 g/mol. The van der Waals surface area contributed by atoms with E-state index < -0.39 is 44.9 Å². The summed E-state index contributed by atoms with van der Waals surface area (Å²) in [5.74, 6) is 0.116. The zero-order valence-corrected chi connectivity index (χ0v) is 25.3. The van der Waals surface area contributed by atoms with E-state index in [1.807, 2.05) is 16.7 Å². The molecule has 2 fully saturated rings. The number of pyridine rings is 2. The molecule has 43 heavy (non-hydrogen) atoms. The van der Waals surface area contributed by atoms with Crippen molar-refractivity contribution in [3.63, 3.8) is 0 Å². The number of fused-ring (bicyclic) bond motifs is 1. The van der Waals surface area contributed by atoms with Gasteiger partial charge in [0.1, 0.15) is 28.6 Å². The maximum absolute atomic E-state index is 15.4. The van der Waals surface area contributed by atoms with Crippen LogP contribution in [0.25, 0.3) is 22.3 Å². The number of nitrogen functional groups attached to an aromatic ring is 1. The van der Waals surface area contributed by atoms with Crippen LogP contribution in [0.2, 0.25) is 5.02 Å². The van der Waals surface area contributed by atoms with Crippen LogP contribution in [0.15, 0.2) is 12.3 Å². The minimum Gasteiger partial charge on any atom is -0.384 e. The molecule has 1 atom stereocenters. The van der Waals surface area contributed by atoms with Gasteiger partial charge in [-0.15, -0.1) is 0 Å². The molecule has 0 aromatic carbocycles. The molecule has 0 spiro atoms. The number of nitrogens with zero attached hydrogens (tertiary/aromatic N) is 7. The first-order valence-corrected chi connectivity index (χ1v) is 14.8. The highest BCUT2D eigenvalue weighted by atomic mass is 35.5. The summed E-state index contributed by atoms with van der Waals surface area (Å²) in [5, 5.41) is -1.46. The van der Waals surface area contributed by atoms with E-state index in [0.717, 1.165) is 25.6 Å². The predicted molar refractivity (Wildman–Crippen MR) is 158 cm³/mol. The van der Waals surface area contributed by atoms with E-state index in [0.29, 0.717) is 38.5 Å². The van der Waals surface area contributed by atoms with Crippen molar-refractivity contribution < 1.29 is 22.0 Å². The smallest absolute Gasteiger partial charge is 0.384 e. The van der Waals surface area contributed by atoms with Gasteiger partial charge in [-0.2, -0.15) is 26.9 Å². The second-order valence-corrected chi connectivity index (χ2v) is 11.5. The monoisotopic (exact) mass is 647 g/mol. The normalized spacial score (nSPS) is 18.5. The van der Waals surface area contributed by atoms with Crippen LogP contribution < -0.4 is 20.9 Å². The summed E-state index contributed by atoms with van der Waals surface area (Å²) in [6.45, 7) is 10.6. The molecule has 3 aromatic rings. The van der Waals surface area contributed by atoms with Crippen LogP contribution in [0.5, 0.6) is 0 Å². The van der Waals surface area contributed by atoms with Gasteiger partial charge in [-0.25, -0.2) is 9.97 Å². The molecular formula is C27H32Cl2F5N9. The van der Waals surface area contributed by atoms with E-state index >= 15 is 8.78 Å². The summed E-state index contributed by atoms with van der Waals surface area (Å²) in [6, 6.07) is 1.14. The van der Waals surface area contributed by atoms with Crippen LogP contribution in [0.3, 0.4) is 0 Å². The third-order valence-electron chi connectivity index (χ3n) is 8.01. The Hall–Kier alpha value is -2.81. The molecule has 0 radical (unpaired) electrons. The SMILES string of the molecule is CCC1CN(c2nc(N3CC(N(CC)CC)C3)nc3c(C(F)(F)Cl)c(-c4nc(N)cc(Cl)c4C(F)(F)F)ncc23)CCN1. The number of nitrogens with one attached hydrogen (secondary N) is 1. The second-order valence-electron chi connectivity index (χ2n) is 10.6. The molecule has 0 amide bonds. The number of rotatable bonds is 8. The van der Waals surface area contributed by atoms with Gasteiger partial charge in [0, 0.05) is 51.0 Å². The molecule has 5 rings (SSSR count). The summed E-state index contributed by atoms with van der Waals surface area (Å²) in [6.07, 6.45) is -3.05. The number of halogens is 7. The minimum absolute atomic E-state index is 0.118. The third-order valence-corrected chi connectivity index (χ3v) is 8.50. The van der Waals surface area contributed by atoms with Gasteiger partial charge >= 0.3 is 11.6 Å². The third kappa shape index (κ3) is 6.11. The van der Waals surface area contributed by atoms with Gasteiger partial charge in [0.05, 0.1) is 21.5 Å². The maximum Gasteiger partial charge on any atom is 0.420 e. The van der Waals surface area contributed by atoms with E-state index in [1.165, 1.54) is 6.20 Å². The fraction of sp³-hybridized carbons (Fsp3) is 0.556. The fourth-order valence-corrected chi connectivity index (χ4v) is 6.23. The fourth-order valence-electron chi connectivity index (χ4n) is 5.75. The molecule has 0 aliphatic carbocycles. The van der Waals surface area contributed by atoms with E-state index in [9.17, 15) is 13.2 Å². The molecule has 0 saturated carbocycles. The van der Waals surface area contributed by atoms with E-state index in [-0.39, 0.29) is 28.9 Å². The highest BCUT2D eigenvalue weighted by molar-refractivity contribution is 6.32. The number of aromatic nitrogens is 4. The molecule has 2 aliphatic rings. The number of anilines is 3. The van der Waals surface area contributed by atoms with Crippen molar-refractivity contribution in [2.24, 2.45) is 0 Å². The Bertz CT molecular complexity index is 1490. The van der Waals surface area contributed by atoms with Gasteiger partial charge in [-0.3, -0.25) is 9.88 Å². The topological polar surface area (TPSA) is 99.3 Å². The zero-order chi connectivity index (χ0) is 31.3. The van der Waals surface area contributed by atoms with Crippen LogP contribution in [0.1, 0.15) is 38.3 Å². The van der Waals surface area contributed by atoms with Gasteiger partial charge < -0.3 is 20.9 Å². The first-order chi connectivity index (χ1) is 20.3. The minimum atomic E-state index is -5.06. The Morgan fingerprint density at radius 2 is 1.70 bits per heavy atom. The summed E-state index contributed by atoms with van der Waals surface area (Å²) in [4.78, 5) is 23.2. The Balaban J connectivity index is 1.76. The van der Waals surface area contributed by atoms with E-state index in [1.54, 1.807) is 0 Å². The Kier molecular flexibility index (Phi) is 8.78. The lowest BCUT2D eigenvalue weighted by Gasteiger charge is -2.45. The van der Waals surface area contributed by atoms with Crippen molar-refractivity contribution in [3.8, 4) is 11.4 Å². The van der Waals surface area contributed by atoms with Crippen molar-refractivity contribution in [1.29, 1.82) is 0 Å². The van der Waals surface area contributed by atoms with E-state index in [4.69, 9.17) is 33.9 Å². The first-order valence-electron chi connectivity index (χ1n) is 14.1. The number of likely N-dealkylation sites (N-methyl/N-ethyl adjacent to an activating group) is 1. The average molecular weight is 649 g/mol. The highest BCUT2D eigenvalue weighted by Gasteiger charge is 2.43. The molecule has 1 unspecified atom stereocenters. The Labute approximate surface area is 255 Å². The number of nitrogens with two attached hydrogens (primary N) is 1. The number of piperazine rings is 1.